The second kappa shape index (κ2) is 9.07. The zero-order valence-electron chi connectivity index (χ0n) is 19.5. The van der Waals surface area contributed by atoms with Gasteiger partial charge in [0.2, 0.25) is 0 Å². The molecule has 0 aromatic heterocycles. The van der Waals surface area contributed by atoms with Crippen LogP contribution in [0.4, 0.5) is 0 Å². The molecule has 3 aliphatic heterocycles. The SMILES string of the molecule is CC(C)(C)C(=O)OC1[C@H]2OC3OC([C@H]2OC(=O)c2ccccc2)[C@H](OC(=O)c2ccccc2)[C@H]1O3. The van der Waals surface area contributed by atoms with Crippen LogP contribution >= 0.6 is 0 Å². The van der Waals surface area contributed by atoms with Crippen molar-refractivity contribution >= 4 is 17.9 Å². The summed E-state index contributed by atoms with van der Waals surface area (Å²) in [6, 6.07) is 16.9. The van der Waals surface area contributed by atoms with Gasteiger partial charge in [0.25, 0.3) is 6.48 Å². The number of carbonyl (C=O) groups is 3. The smallest absolute Gasteiger partial charge is 0.338 e. The van der Waals surface area contributed by atoms with Crippen LogP contribution in [-0.2, 0) is 33.2 Å². The van der Waals surface area contributed by atoms with Crippen LogP contribution in [0.25, 0.3) is 0 Å². The molecular weight excluding hydrogens is 456 g/mol. The van der Waals surface area contributed by atoms with E-state index in [-0.39, 0.29) is 0 Å². The van der Waals surface area contributed by atoms with Gasteiger partial charge in [0.05, 0.1) is 16.5 Å². The number of rotatable bonds is 5. The molecule has 1 saturated carbocycles. The molecule has 184 valence electrons. The highest BCUT2D eigenvalue weighted by molar-refractivity contribution is 5.90. The lowest BCUT2D eigenvalue weighted by Gasteiger charge is -2.57. The predicted molar refractivity (Wildman–Crippen MR) is 119 cm³/mol. The van der Waals surface area contributed by atoms with Gasteiger partial charge in [-0.25, -0.2) is 9.59 Å². The Bertz CT molecular complexity index is 1020. The Balaban J connectivity index is 1.45. The second-order valence-electron chi connectivity index (χ2n) is 9.68. The van der Waals surface area contributed by atoms with E-state index in [2.05, 4.69) is 0 Å². The van der Waals surface area contributed by atoms with Gasteiger partial charge in [-0.3, -0.25) is 4.79 Å². The summed E-state index contributed by atoms with van der Waals surface area (Å²) >= 11 is 0. The fourth-order valence-electron chi connectivity index (χ4n) is 4.30. The lowest BCUT2D eigenvalue weighted by Crippen LogP contribution is -2.77. The Morgan fingerprint density at radius 1 is 0.629 bits per heavy atom. The van der Waals surface area contributed by atoms with E-state index < -0.39 is 66.4 Å². The summed E-state index contributed by atoms with van der Waals surface area (Å²) in [5.74, 6) is -1.71. The molecule has 0 spiro atoms. The average Bonchev–Trinajstić information content (AvgIpc) is 2.85. The van der Waals surface area contributed by atoms with Crippen LogP contribution in [0.2, 0.25) is 0 Å². The molecule has 9 nitrogen and oxygen atoms in total. The summed E-state index contributed by atoms with van der Waals surface area (Å²) in [4.78, 5) is 38.6. The Morgan fingerprint density at radius 2 is 1.00 bits per heavy atom. The molecule has 0 radical (unpaired) electrons. The summed E-state index contributed by atoms with van der Waals surface area (Å²) in [7, 11) is 0. The van der Waals surface area contributed by atoms with Crippen molar-refractivity contribution in [2.24, 2.45) is 5.41 Å². The Kier molecular flexibility index (Phi) is 6.08. The fourth-order valence-corrected chi connectivity index (χ4v) is 4.30. The maximum absolute atomic E-state index is 12.9. The highest BCUT2D eigenvalue weighted by Crippen LogP contribution is 2.44. The lowest BCUT2D eigenvalue weighted by molar-refractivity contribution is -0.479. The van der Waals surface area contributed by atoms with Crippen molar-refractivity contribution in [1.29, 1.82) is 0 Å². The van der Waals surface area contributed by atoms with Crippen LogP contribution in [0, 0.1) is 5.41 Å². The molecule has 4 fully saturated rings. The molecule has 3 heterocycles. The minimum atomic E-state index is -1.06. The topological polar surface area (TPSA) is 107 Å². The third-order valence-corrected chi connectivity index (χ3v) is 6.11. The number of esters is 3. The molecule has 35 heavy (non-hydrogen) atoms. The molecule has 2 aromatic rings. The van der Waals surface area contributed by atoms with Gasteiger partial charge in [-0.2, -0.15) is 0 Å². The summed E-state index contributed by atoms with van der Waals surface area (Å²) in [6.07, 6.45) is -5.59. The number of ether oxygens (including phenoxy) is 6. The fraction of sp³-hybridized carbons (Fsp3) is 0.423. The van der Waals surface area contributed by atoms with E-state index in [0.717, 1.165) is 0 Å². The van der Waals surface area contributed by atoms with E-state index in [1.165, 1.54) is 0 Å². The predicted octanol–water partition coefficient (Wildman–Crippen LogP) is 2.88. The van der Waals surface area contributed by atoms with Gasteiger partial charge in [-0.1, -0.05) is 36.4 Å². The van der Waals surface area contributed by atoms with Gasteiger partial charge in [0.15, 0.2) is 18.3 Å². The number of carbonyl (C=O) groups excluding carboxylic acids is 3. The molecular formula is C26H26O9. The molecule has 2 aromatic carbocycles. The Labute approximate surface area is 202 Å². The summed E-state index contributed by atoms with van der Waals surface area (Å²) in [5, 5.41) is 0. The highest BCUT2D eigenvalue weighted by Gasteiger charge is 2.66. The van der Waals surface area contributed by atoms with Crippen molar-refractivity contribution in [2.75, 3.05) is 0 Å². The van der Waals surface area contributed by atoms with Crippen molar-refractivity contribution in [3.63, 3.8) is 0 Å². The van der Waals surface area contributed by atoms with Crippen molar-refractivity contribution in [1.82, 2.24) is 0 Å². The quantitative estimate of drug-likeness (QED) is 0.470. The third-order valence-electron chi connectivity index (χ3n) is 6.11. The van der Waals surface area contributed by atoms with Crippen LogP contribution in [0.3, 0.4) is 0 Å². The Morgan fingerprint density at radius 3 is 1.37 bits per heavy atom. The first-order valence-corrected chi connectivity index (χ1v) is 11.4. The molecule has 6 rings (SSSR count). The summed E-state index contributed by atoms with van der Waals surface area (Å²) in [6.45, 7) is 4.10. The van der Waals surface area contributed by atoms with Crippen LogP contribution < -0.4 is 0 Å². The maximum atomic E-state index is 12.9. The Hall–Kier alpha value is -3.27. The molecule has 4 bridgehead atoms. The standard InChI is InChI=1S/C26H26O9/c1-26(2,3)24(29)32-18-20-16(30-22(27)14-10-6-4-7-11-14)19-17(21(18)35-25(33-19)34-20)31-23(28)15-12-8-5-9-13-15/h4-13,16-21,25H,1-3H3/t16-,17+,18?,19?,20+,21-,25?. The summed E-state index contributed by atoms with van der Waals surface area (Å²) < 4.78 is 34.8. The number of benzene rings is 2. The van der Waals surface area contributed by atoms with Gasteiger partial charge >= 0.3 is 17.9 Å². The number of hydrogen-bond donors (Lipinski definition) is 0. The molecule has 3 unspecified atom stereocenters. The first-order valence-electron chi connectivity index (χ1n) is 11.4. The van der Waals surface area contributed by atoms with Crippen molar-refractivity contribution in [3.05, 3.63) is 71.8 Å². The van der Waals surface area contributed by atoms with Crippen LogP contribution in [0.5, 0.6) is 0 Å². The van der Waals surface area contributed by atoms with Crippen LogP contribution in [-0.4, -0.2) is 61.0 Å². The van der Waals surface area contributed by atoms with Crippen LogP contribution in [0.1, 0.15) is 41.5 Å². The molecule has 3 saturated heterocycles. The van der Waals surface area contributed by atoms with Gasteiger partial charge < -0.3 is 28.4 Å². The van der Waals surface area contributed by atoms with Gasteiger partial charge in [-0.05, 0) is 45.0 Å². The number of hydrogen-bond acceptors (Lipinski definition) is 9. The van der Waals surface area contributed by atoms with Gasteiger partial charge in [-0.15, -0.1) is 0 Å². The maximum Gasteiger partial charge on any atom is 0.338 e. The van der Waals surface area contributed by atoms with E-state index in [0.29, 0.717) is 11.1 Å². The molecule has 7 atom stereocenters. The molecule has 0 amide bonds. The zero-order valence-corrected chi connectivity index (χ0v) is 19.5. The van der Waals surface area contributed by atoms with E-state index in [1.54, 1.807) is 81.4 Å². The van der Waals surface area contributed by atoms with Gasteiger partial charge in [0, 0.05) is 0 Å². The minimum absolute atomic E-state index is 0.332. The summed E-state index contributed by atoms with van der Waals surface area (Å²) in [5.41, 5.74) is -0.144. The van der Waals surface area contributed by atoms with Crippen molar-refractivity contribution < 1.29 is 42.8 Å². The largest absolute Gasteiger partial charge is 0.456 e. The minimum Gasteiger partial charge on any atom is -0.456 e. The first-order chi connectivity index (χ1) is 16.7. The molecule has 9 heteroatoms. The molecule has 1 aliphatic carbocycles. The molecule has 0 N–H and O–H groups in total. The zero-order chi connectivity index (χ0) is 24.7. The van der Waals surface area contributed by atoms with E-state index in [1.807, 2.05) is 0 Å². The normalized spacial score (nSPS) is 31.0. The van der Waals surface area contributed by atoms with E-state index in [9.17, 15) is 14.4 Å². The average molecular weight is 482 g/mol. The second-order valence-corrected chi connectivity index (χ2v) is 9.68. The first kappa shape index (κ1) is 23.5. The third kappa shape index (κ3) is 4.54. The van der Waals surface area contributed by atoms with Crippen molar-refractivity contribution in [3.8, 4) is 0 Å². The lowest BCUT2D eigenvalue weighted by atomic mass is 9.82. The van der Waals surface area contributed by atoms with E-state index in [4.69, 9.17) is 28.4 Å². The van der Waals surface area contributed by atoms with Crippen LogP contribution in [0.15, 0.2) is 60.7 Å². The van der Waals surface area contributed by atoms with Crippen molar-refractivity contribution in [2.45, 2.75) is 63.9 Å². The monoisotopic (exact) mass is 482 g/mol. The van der Waals surface area contributed by atoms with E-state index >= 15 is 0 Å². The molecule has 4 aliphatic rings. The highest BCUT2D eigenvalue weighted by atomic mass is 16.9. The van der Waals surface area contributed by atoms with Gasteiger partial charge in [0.1, 0.15) is 18.3 Å².